The van der Waals surface area contributed by atoms with Crippen LogP contribution in [0.15, 0.2) is 34.2 Å². The van der Waals surface area contributed by atoms with Gasteiger partial charge in [-0.25, -0.2) is 18.2 Å². The number of aromatic nitrogens is 2. The third-order valence-electron chi connectivity index (χ3n) is 3.08. The molecule has 9 heteroatoms. The first kappa shape index (κ1) is 15.5. The molecule has 0 amide bonds. The molecule has 0 fully saturated rings. The van der Waals surface area contributed by atoms with E-state index in [1.165, 1.54) is 12.6 Å². The standard InChI is InChI=1S/C12H13N3O4S2/c1-8(9-3-5-13-6-4-9)15(2)21(18,19)12-10(11(16)17)14-7-20-12/h3-8H,1-2H3,(H,16,17). The highest BCUT2D eigenvalue weighted by Gasteiger charge is 2.32. The van der Waals surface area contributed by atoms with E-state index in [0.717, 1.165) is 21.2 Å². The minimum atomic E-state index is -3.93. The van der Waals surface area contributed by atoms with Crippen molar-refractivity contribution in [2.24, 2.45) is 0 Å². The van der Waals surface area contributed by atoms with Crippen molar-refractivity contribution in [2.45, 2.75) is 17.2 Å². The predicted molar refractivity (Wildman–Crippen MR) is 76.7 cm³/mol. The van der Waals surface area contributed by atoms with Crippen LogP contribution in [0.1, 0.15) is 29.0 Å². The van der Waals surface area contributed by atoms with Crippen molar-refractivity contribution in [2.75, 3.05) is 7.05 Å². The quantitative estimate of drug-likeness (QED) is 0.895. The molecule has 112 valence electrons. The highest BCUT2D eigenvalue weighted by molar-refractivity contribution is 7.91. The van der Waals surface area contributed by atoms with E-state index in [1.54, 1.807) is 31.5 Å². The molecule has 2 heterocycles. The van der Waals surface area contributed by atoms with Crippen molar-refractivity contribution in [3.8, 4) is 0 Å². The van der Waals surface area contributed by atoms with Gasteiger partial charge in [0.05, 0.1) is 5.51 Å². The van der Waals surface area contributed by atoms with Crippen LogP contribution in [0.3, 0.4) is 0 Å². The Morgan fingerprint density at radius 1 is 1.38 bits per heavy atom. The lowest BCUT2D eigenvalue weighted by molar-refractivity contribution is 0.0687. The maximum Gasteiger partial charge on any atom is 0.356 e. The van der Waals surface area contributed by atoms with Crippen LogP contribution in [-0.2, 0) is 10.0 Å². The summed E-state index contributed by atoms with van der Waals surface area (Å²) >= 11 is 0.792. The minimum absolute atomic E-state index is 0.265. The highest BCUT2D eigenvalue weighted by atomic mass is 32.2. The second-order valence-corrected chi connectivity index (χ2v) is 7.32. The van der Waals surface area contributed by atoms with Crippen LogP contribution in [0.5, 0.6) is 0 Å². The van der Waals surface area contributed by atoms with Crippen LogP contribution >= 0.6 is 11.3 Å². The first-order valence-corrected chi connectivity index (χ1v) is 8.22. The molecule has 2 aromatic rings. The summed E-state index contributed by atoms with van der Waals surface area (Å²) < 4.78 is 26.0. The summed E-state index contributed by atoms with van der Waals surface area (Å²) in [6.07, 6.45) is 3.14. The van der Waals surface area contributed by atoms with Crippen molar-refractivity contribution in [1.82, 2.24) is 14.3 Å². The Balaban J connectivity index is 2.39. The molecular weight excluding hydrogens is 314 g/mol. The van der Waals surface area contributed by atoms with Gasteiger partial charge in [-0.15, -0.1) is 11.3 Å². The second kappa shape index (κ2) is 5.88. The van der Waals surface area contributed by atoms with Gasteiger partial charge in [0.1, 0.15) is 0 Å². The molecule has 0 saturated carbocycles. The Labute approximate surface area is 126 Å². The van der Waals surface area contributed by atoms with Crippen LogP contribution < -0.4 is 0 Å². The van der Waals surface area contributed by atoms with Crippen molar-refractivity contribution < 1.29 is 18.3 Å². The molecule has 21 heavy (non-hydrogen) atoms. The Bertz CT molecular complexity index is 743. The Kier molecular flexibility index (Phi) is 4.35. The average molecular weight is 327 g/mol. The van der Waals surface area contributed by atoms with Crippen LogP contribution in [0.25, 0.3) is 0 Å². The largest absolute Gasteiger partial charge is 0.476 e. The molecule has 0 aliphatic rings. The van der Waals surface area contributed by atoms with Crippen molar-refractivity contribution in [3.63, 3.8) is 0 Å². The van der Waals surface area contributed by atoms with Gasteiger partial charge in [0, 0.05) is 25.5 Å². The molecule has 0 aliphatic carbocycles. The van der Waals surface area contributed by atoms with Crippen LogP contribution in [-0.4, -0.2) is 40.8 Å². The van der Waals surface area contributed by atoms with Crippen molar-refractivity contribution in [1.29, 1.82) is 0 Å². The molecule has 0 saturated heterocycles. The lowest BCUT2D eigenvalue weighted by Crippen LogP contribution is -2.30. The predicted octanol–water partition coefficient (Wildman–Crippen LogP) is 1.62. The summed E-state index contributed by atoms with van der Waals surface area (Å²) in [4.78, 5) is 18.5. The van der Waals surface area contributed by atoms with Gasteiger partial charge in [-0.05, 0) is 24.6 Å². The third kappa shape index (κ3) is 2.94. The fraction of sp³-hybridized carbons (Fsp3) is 0.250. The number of rotatable bonds is 5. The molecule has 0 spiro atoms. The molecule has 0 radical (unpaired) electrons. The number of carbonyl (C=O) groups is 1. The lowest BCUT2D eigenvalue weighted by atomic mass is 10.1. The fourth-order valence-electron chi connectivity index (χ4n) is 1.75. The maximum atomic E-state index is 12.6. The van der Waals surface area contributed by atoms with E-state index in [2.05, 4.69) is 9.97 Å². The maximum absolute atomic E-state index is 12.6. The third-order valence-corrected chi connectivity index (χ3v) is 6.36. The van der Waals surface area contributed by atoms with Gasteiger partial charge in [0.15, 0.2) is 9.90 Å². The van der Waals surface area contributed by atoms with Gasteiger partial charge in [-0.2, -0.15) is 4.31 Å². The minimum Gasteiger partial charge on any atom is -0.476 e. The molecule has 1 unspecified atom stereocenters. The number of nitrogens with zero attached hydrogens (tertiary/aromatic N) is 3. The van der Waals surface area contributed by atoms with E-state index in [-0.39, 0.29) is 4.21 Å². The van der Waals surface area contributed by atoms with Gasteiger partial charge >= 0.3 is 5.97 Å². The van der Waals surface area contributed by atoms with Crippen LogP contribution in [0, 0.1) is 0 Å². The van der Waals surface area contributed by atoms with E-state index in [9.17, 15) is 13.2 Å². The number of carboxylic acid groups (broad SMARTS) is 1. The van der Waals surface area contributed by atoms with Gasteiger partial charge in [0.2, 0.25) is 0 Å². The number of sulfonamides is 1. The number of aromatic carboxylic acids is 1. The summed E-state index contributed by atoms with van der Waals surface area (Å²) in [5.41, 5.74) is 1.52. The molecule has 7 nitrogen and oxygen atoms in total. The average Bonchev–Trinajstić information content (AvgIpc) is 2.97. The zero-order valence-corrected chi connectivity index (χ0v) is 12.9. The number of hydrogen-bond acceptors (Lipinski definition) is 6. The second-order valence-electron chi connectivity index (χ2n) is 4.27. The molecule has 2 aromatic heterocycles. The zero-order valence-electron chi connectivity index (χ0n) is 11.3. The Morgan fingerprint density at radius 2 is 2.00 bits per heavy atom. The summed E-state index contributed by atoms with van der Waals surface area (Å²) in [6, 6.07) is 2.96. The molecule has 1 N–H and O–H groups in total. The van der Waals surface area contributed by atoms with E-state index < -0.39 is 27.7 Å². The lowest BCUT2D eigenvalue weighted by Gasteiger charge is -2.23. The number of carboxylic acids is 1. The highest BCUT2D eigenvalue weighted by Crippen LogP contribution is 2.29. The summed E-state index contributed by atoms with van der Waals surface area (Å²) in [5.74, 6) is -1.36. The van der Waals surface area contributed by atoms with Gasteiger partial charge in [-0.3, -0.25) is 4.98 Å². The summed E-state index contributed by atoms with van der Waals surface area (Å²) in [5, 5.41) is 9.01. The van der Waals surface area contributed by atoms with Crippen molar-refractivity contribution in [3.05, 3.63) is 41.3 Å². The van der Waals surface area contributed by atoms with Gasteiger partial charge in [0.25, 0.3) is 10.0 Å². The molecule has 0 bridgehead atoms. The molecular formula is C12H13N3O4S2. The molecule has 1 atom stereocenters. The molecule has 0 aliphatic heterocycles. The first-order valence-electron chi connectivity index (χ1n) is 5.90. The number of hydrogen-bond donors (Lipinski definition) is 1. The van der Waals surface area contributed by atoms with Gasteiger partial charge in [-0.1, -0.05) is 0 Å². The molecule has 0 aromatic carbocycles. The summed E-state index contributed by atoms with van der Waals surface area (Å²) in [7, 11) is -2.52. The van der Waals surface area contributed by atoms with E-state index in [0.29, 0.717) is 0 Å². The van der Waals surface area contributed by atoms with E-state index in [1.807, 2.05) is 0 Å². The Hall–Kier alpha value is -1.84. The van der Waals surface area contributed by atoms with Crippen molar-refractivity contribution >= 4 is 27.3 Å². The Morgan fingerprint density at radius 3 is 2.57 bits per heavy atom. The SMILES string of the molecule is CC(c1ccncc1)N(C)S(=O)(=O)c1scnc1C(=O)O. The monoisotopic (exact) mass is 327 g/mol. The number of pyridine rings is 1. The zero-order chi connectivity index (χ0) is 15.6. The number of thiazole rings is 1. The topological polar surface area (TPSA) is 100 Å². The summed E-state index contributed by atoms with van der Waals surface area (Å²) in [6.45, 7) is 1.72. The normalized spacial score (nSPS) is 13.3. The van der Waals surface area contributed by atoms with Crippen LogP contribution in [0.4, 0.5) is 0 Å². The van der Waals surface area contributed by atoms with Gasteiger partial charge < -0.3 is 5.11 Å². The van der Waals surface area contributed by atoms with E-state index >= 15 is 0 Å². The smallest absolute Gasteiger partial charge is 0.356 e. The molecule has 2 rings (SSSR count). The fourth-order valence-corrected chi connectivity index (χ4v) is 4.41. The van der Waals surface area contributed by atoms with E-state index in [4.69, 9.17) is 5.11 Å². The first-order chi connectivity index (χ1) is 9.85. The van der Waals surface area contributed by atoms with Crippen LogP contribution in [0.2, 0.25) is 0 Å².